The van der Waals surface area contributed by atoms with Crippen LogP contribution in [0.2, 0.25) is 0 Å². The van der Waals surface area contributed by atoms with Crippen LogP contribution in [0.4, 0.5) is 0 Å². The summed E-state index contributed by atoms with van der Waals surface area (Å²) in [5, 5.41) is 0. The molecule has 0 aliphatic heterocycles. The van der Waals surface area contributed by atoms with Crippen molar-refractivity contribution in [3.05, 3.63) is 256 Å². The van der Waals surface area contributed by atoms with Crippen LogP contribution < -0.4 is 0 Å². The van der Waals surface area contributed by atoms with Crippen LogP contribution in [0.1, 0.15) is 136 Å². The molecule has 0 nitrogen and oxygen atoms in total. The fourth-order valence-electron chi connectivity index (χ4n) is 8.47. The second-order valence-corrected chi connectivity index (χ2v) is 17.9. The van der Waals surface area contributed by atoms with Gasteiger partial charge in [0, 0.05) is 5.41 Å². The molecule has 0 spiro atoms. The van der Waals surface area contributed by atoms with Crippen molar-refractivity contribution in [1.82, 2.24) is 0 Å². The van der Waals surface area contributed by atoms with E-state index < -0.39 is 0 Å². The third-order valence-corrected chi connectivity index (χ3v) is 12.3. The smallest absolute Gasteiger partial charge is 0.0159 e. The molecule has 6 aromatic carbocycles. The van der Waals surface area contributed by atoms with Crippen molar-refractivity contribution in [2.45, 2.75) is 122 Å². The van der Waals surface area contributed by atoms with Gasteiger partial charge in [0.05, 0.1) is 0 Å². The van der Waals surface area contributed by atoms with Crippen molar-refractivity contribution in [2.24, 2.45) is 0 Å². The predicted octanol–water partition coefficient (Wildman–Crippen LogP) is 20.7. The molecule has 6 aromatic rings. The van der Waals surface area contributed by atoms with Gasteiger partial charge in [-0.2, -0.15) is 0 Å². The SMILES string of the molecule is C/C=C(C)\C(CCC)=C(/C)c1ccccc1C.C=C/C=C(/C)C=C.C=Cc1c(C)cc2c(c1C=C)-c1ccc(C)cc1C2(C)C.CC.Cc1ccc(-c2ccccc2)c(C)c1.Cc1ccccc1. The Labute approximate surface area is 416 Å². The predicted molar refractivity (Wildman–Crippen MR) is 310 cm³/mol. The van der Waals surface area contributed by atoms with E-state index in [4.69, 9.17) is 0 Å². The molecule has 1 aliphatic carbocycles. The number of fused-ring (bicyclic) bond motifs is 3. The second kappa shape index (κ2) is 29.3. The maximum absolute atomic E-state index is 4.05. The Morgan fingerprint density at radius 1 is 0.559 bits per heavy atom. The lowest BCUT2D eigenvalue weighted by molar-refractivity contribution is 0.659. The molecule has 0 N–H and O–H groups in total. The van der Waals surface area contributed by atoms with E-state index in [9.17, 15) is 0 Å². The lowest BCUT2D eigenvalue weighted by Crippen LogP contribution is -2.15. The topological polar surface area (TPSA) is 0 Å². The Balaban J connectivity index is 0.000000306. The van der Waals surface area contributed by atoms with Gasteiger partial charge in [0.1, 0.15) is 0 Å². The number of allylic oxidation sites excluding steroid dienone is 8. The van der Waals surface area contributed by atoms with Crippen LogP contribution in [0.25, 0.3) is 40.0 Å². The van der Waals surface area contributed by atoms with Crippen LogP contribution >= 0.6 is 0 Å². The Hall–Kier alpha value is -6.50. The van der Waals surface area contributed by atoms with E-state index in [0.717, 1.165) is 12.0 Å². The van der Waals surface area contributed by atoms with E-state index >= 15 is 0 Å². The molecule has 0 heteroatoms. The zero-order valence-electron chi connectivity index (χ0n) is 44.8. The second-order valence-electron chi connectivity index (χ2n) is 17.9. The van der Waals surface area contributed by atoms with Crippen LogP contribution in [-0.2, 0) is 5.41 Å². The molecule has 0 heterocycles. The molecule has 0 fully saturated rings. The minimum Gasteiger partial charge on any atom is -0.0991 e. The van der Waals surface area contributed by atoms with Crippen LogP contribution in [0.3, 0.4) is 0 Å². The fourth-order valence-corrected chi connectivity index (χ4v) is 8.47. The summed E-state index contributed by atoms with van der Waals surface area (Å²) in [6.45, 7) is 47.4. The van der Waals surface area contributed by atoms with Crippen LogP contribution in [-0.4, -0.2) is 0 Å². The molecule has 0 unspecified atom stereocenters. The first kappa shape index (κ1) is 57.6. The summed E-state index contributed by atoms with van der Waals surface area (Å²) in [4.78, 5) is 0. The first-order valence-electron chi connectivity index (χ1n) is 24.5. The number of benzene rings is 6. The first-order chi connectivity index (χ1) is 32.5. The lowest BCUT2D eigenvalue weighted by atomic mass is 9.80. The highest BCUT2D eigenvalue weighted by molar-refractivity contribution is 5.91. The molecule has 0 amide bonds. The molecule has 356 valence electrons. The molecule has 0 atom stereocenters. The molecule has 0 saturated heterocycles. The van der Waals surface area contributed by atoms with E-state index in [1.807, 2.05) is 63.3 Å². The zero-order valence-corrected chi connectivity index (χ0v) is 44.8. The van der Waals surface area contributed by atoms with Gasteiger partial charge in [-0.3, -0.25) is 0 Å². The van der Waals surface area contributed by atoms with E-state index in [1.54, 1.807) is 12.2 Å². The highest BCUT2D eigenvalue weighted by Crippen LogP contribution is 2.52. The van der Waals surface area contributed by atoms with Gasteiger partial charge < -0.3 is 0 Å². The quantitative estimate of drug-likeness (QED) is 0.127. The molecule has 7 rings (SSSR count). The molecule has 0 radical (unpaired) electrons. The van der Waals surface area contributed by atoms with Crippen molar-refractivity contribution in [3.8, 4) is 22.3 Å². The maximum Gasteiger partial charge on any atom is 0.0159 e. The van der Waals surface area contributed by atoms with Crippen LogP contribution in [0.5, 0.6) is 0 Å². The Morgan fingerprint density at radius 3 is 1.57 bits per heavy atom. The molecular weight excluding hydrogens is 817 g/mol. The molecular formula is C68H84. The van der Waals surface area contributed by atoms with Gasteiger partial charge in [-0.05, 0) is 154 Å². The highest BCUT2D eigenvalue weighted by Gasteiger charge is 2.37. The first-order valence-corrected chi connectivity index (χ1v) is 24.5. The highest BCUT2D eigenvalue weighted by atomic mass is 14.4. The monoisotopic (exact) mass is 901 g/mol. The Kier molecular flexibility index (Phi) is 24.8. The largest absolute Gasteiger partial charge is 0.0991 e. The van der Waals surface area contributed by atoms with Gasteiger partial charge in [0.15, 0.2) is 0 Å². The van der Waals surface area contributed by atoms with Crippen molar-refractivity contribution in [1.29, 1.82) is 0 Å². The summed E-state index contributed by atoms with van der Waals surface area (Å²) < 4.78 is 0. The van der Waals surface area contributed by atoms with Gasteiger partial charge in [-0.15, -0.1) is 0 Å². The molecule has 0 bridgehead atoms. The van der Waals surface area contributed by atoms with Crippen LogP contribution in [0, 0.1) is 41.5 Å². The van der Waals surface area contributed by atoms with Gasteiger partial charge in [0.2, 0.25) is 0 Å². The number of aryl methyl sites for hydroxylation is 6. The normalized spacial score (nSPS) is 12.0. The Bertz CT molecular complexity index is 2650. The molecule has 0 aromatic heterocycles. The zero-order chi connectivity index (χ0) is 51.0. The molecule has 68 heavy (non-hydrogen) atoms. The molecule has 1 aliphatic rings. The Morgan fingerprint density at radius 2 is 1.10 bits per heavy atom. The minimum absolute atomic E-state index is 0.0406. The summed E-state index contributed by atoms with van der Waals surface area (Å²) in [5.41, 5.74) is 25.4. The maximum atomic E-state index is 4.05. The van der Waals surface area contributed by atoms with Crippen molar-refractivity contribution < 1.29 is 0 Å². The van der Waals surface area contributed by atoms with Gasteiger partial charge in [-0.1, -0.05) is 259 Å². The van der Waals surface area contributed by atoms with Crippen LogP contribution in [0.15, 0.2) is 195 Å². The summed E-state index contributed by atoms with van der Waals surface area (Å²) in [6, 6.07) is 45.1. The van der Waals surface area contributed by atoms with Gasteiger partial charge in [-0.25, -0.2) is 0 Å². The fraction of sp³-hybridized carbons (Fsp3) is 0.265. The van der Waals surface area contributed by atoms with Crippen molar-refractivity contribution in [2.75, 3.05) is 0 Å². The van der Waals surface area contributed by atoms with E-state index in [-0.39, 0.29) is 5.41 Å². The van der Waals surface area contributed by atoms with Crippen molar-refractivity contribution >= 4 is 17.7 Å². The van der Waals surface area contributed by atoms with E-state index in [1.165, 1.54) is 107 Å². The number of hydrogen-bond donors (Lipinski definition) is 0. The third kappa shape index (κ3) is 16.1. The van der Waals surface area contributed by atoms with Crippen molar-refractivity contribution in [3.63, 3.8) is 0 Å². The average molecular weight is 901 g/mol. The van der Waals surface area contributed by atoms with E-state index in [2.05, 4.69) is 219 Å². The summed E-state index contributed by atoms with van der Waals surface area (Å²) in [6.07, 6.45) is 14.0. The van der Waals surface area contributed by atoms with Gasteiger partial charge in [0.25, 0.3) is 0 Å². The minimum atomic E-state index is 0.0406. The number of hydrogen-bond acceptors (Lipinski definition) is 0. The third-order valence-electron chi connectivity index (χ3n) is 12.3. The van der Waals surface area contributed by atoms with E-state index in [0.29, 0.717) is 0 Å². The summed E-state index contributed by atoms with van der Waals surface area (Å²) >= 11 is 0. The van der Waals surface area contributed by atoms with Gasteiger partial charge >= 0.3 is 0 Å². The standard InChI is InChI=1S/C21H22.C17H24.C14H14.C7H8.C7H10.C2H6/c1-7-15-14(4)12-19-20(16(15)8-2)17-10-9-13(3)11-18(17)21(19,5)6;1-6-10-16(13(3)7-2)15(5)17-12-9-8-11-14(17)4;1-11-8-9-14(12(2)10-11)13-6-4-3-5-7-13;1-7-5-3-2-4-6-7;1-4-6-7(3)5-2;1-2/h7-12H,1-2H2,3-6H3;7-9,11-12H,6,10H2,1-5H3;3-10H,1-2H3;2-6H,1H3;4-6H,1-2H2,3H3;1-2H3/b;13-7-,16-15+;;;7-6-;. The number of rotatable bonds is 9. The molecule has 0 saturated carbocycles. The average Bonchev–Trinajstić information content (AvgIpc) is 3.56. The summed E-state index contributed by atoms with van der Waals surface area (Å²) in [5.74, 6) is 0. The summed E-state index contributed by atoms with van der Waals surface area (Å²) in [7, 11) is 0. The lowest BCUT2D eigenvalue weighted by Gasteiger charge is -2.23.